The summed E-state index contributed by atoms with van der Waals surface area (Å²) in [5, 5.41) is 3.02. The van der Waals surface area contributed by atoms with E-state index in [2.05, 4.69) is 17.2 Å². The molecule has 0 rings (SSSR count). The number of rotatable bonds is 2. The molecule has 0 heterocycles. The third kappa shape index (κ3) is 6.99. The van der Waals surface area contributed by atoms with Crippen molar-refractivity contribution in [1.82, 2.24) is 5.32 Å². The Bertz CT molecular complexity index is 164. The summed E-state index contributed by atoms with van der Waals surface area (Å²) in [5.74, 6) is 4.23. The van der Waals surface area contributed by atoms with Crippen LogP contribution in [0.1, 0.15) is 13.8 Å². The maximum Gasteiger partial charge on any atom is 0.293 e. The molecule has 0 saturated heterocycles. The Morgan fingerprint density at radius 3 is 2.70 bits per heavy atom. The molecule has 0 spiro atoms. The Labute approximate surface area is 61.0 Å². The van der Waals surface area contributed by atoms with Crippen molar-refractivity contribution in [3.05, 3.63) is 0 Å². The first kappa shape index (κ1) is 8.99. The van der Waals surface area contributed by atoms with E-state index in [0.717, 1.165) is 0 Å². The number of nitrogens with two attached hydrogens (primary N) is 1. The zero-order valence-corrected chi connectivity index (χ0v) is 6.27. The van der Waals surface area contributed by atoms with Gasteiger partial charge in [-0.15, -0.1) is 0 Å². The molecule has 0 aromatic heterocycles. The van der Waals surface area contributed by atoms with Crippen LogP contribution in [-0.4, -0.2) is 18.5 Å². The maximum atomic E-state index is 10.1. The first-order chi connectivity index (χ1) is 4.63. The second-order valence-corrected chi connectivity index (χ2v) is 2.20. The van der Waals surface area contributed by atoms with Gasteiger partial charge in [-0.3, -0.25) is 4.79 Å². The van der Waals surface area contributed by atoms with Gasteiger partial charge in [0.15, 0.2) is 0 Å². The molecule has 0 aliphatic heterocycles. The average Bonchev–Trinajstić information content (AvgIpc) is 1.79. The third-order valence-electron chi connectivity index (χ3n) is 0.810. The molecule has 56 valence electrons. The van der Waals surface area contributed by atoms with Crippen molar-refractivity contribution in [2.75, 3.05) is 6.54 Å². The molecule has 0 unspecified atom stereocenters. The number of primary amides is 1. The number of carbonyl (C=O) groups excluding carboxylic acids is 1. The summed E-state index contributed by atoms with van der Waals surface area (Å²) in [6.45, 7) is 4.53. The van der Waals surface area contributed by atoms with Crippen LogP contribution in [0.3, 0.4) is 0 Å². The van der Waals surface area contributed by atoms with E-state index in [9.17, 15) is 4.79 Å². The van der Waals surface area contributed by atoms with E-state index in [0.29, 0.717) is 12.6 Å². The van der Waals surface area contributed by atoms with Gasteiger partial charge in [-0.05, 0) is 19.8 Å². The van der Waals surface area contributed by atoms with Crippen LogP contribution in [0, 0.1) is 11.8 Å². The minimum Gasteiger partial charge on any atom is -0.359 e. The van der Waals surface area contributed by atoms with Crippen molar-refractivity contribution in [2.24, 2.45) is 5.73 Å². The molecule has 0 radical (unpaired) electrons. The van der Waals surface area contributed by atoms with Crippen LogP contribution >= 0.6 is 0 Å². The fraction of sp³-hybridized carbons (Fsp3) is 0.571. The normalized spacial score (nSPS) is 8.70. The van der Waals surface area contributed by atoms with Crippen molar-refractivity contribution in [2.45, 2.75) is 19.9 Å². The van der Waals surface area contributed by atoms with Crippen molar-refractivity contribution in [3.8, 4) is 11.8 Å². The van der Waals surface area contributed by atoms with Crippen molar-refractivity contribution in [1.29, 1.82) is 0 Å². The number of amides is 1. The van der Waals surface area contributed by atoms with Gasteiger partial charge in [0.1, 0.15) is 0 Å². The molecule has 0 aromatic rings. The van der Waals surface area contributed by atoms with E-state index >= 15 is 0 Å². The lowest BCUT2D eigenvalue weighted by molar-refractivity contribution is -0.112. The van der Waals surface area contributed by atoms with Crippen LogP contribution in [0.2, 0.25) is 0 Å². The Hall–Kier alpha value is -1.01. The fourth-order valence-corrected chi connectivity index (χ4v) is 0.386. The van der Waals surface area contributed by atoms with E-state index in [4.69, 9.17) is 5.73 Å². The predicted octanol–water partition coefficient (Wildman–Crippen LogP) is -0.527. The summed E-state index contributed by atoms with van der Waals surface area (Å²) < 4.78 is 0. The highest BCUT2D eigenvalue weighted by atomic mass is 16.1. The van der Waals surface area contributed by atoms with Crippen molar-refractivity contribution >= 4 is 5.91 Å². The first-order valence-corrected chi connectivity index (χ1v) is 3.14. The molecule has 0 aliphatic rings. The molecule has 3 nitrogen and oxygen atoms in total. The van der Waals surface area contributed by atoms with E-state index in [1.807, 2.05) is 13.8 Å². The predicted molar refractivity (Wildman–Crippen MR) is 40.1 cm³/mol. The van der Waals surface area contributed by atoms with Crippen LogP contribution in [-0.2, 0) is 4.79 Å². The summed E-state index contributed by atoms with van der Waals surface area (Å²) in [6, 6.07) is 0.391. The van der Waals surface area contributed by atoms with Gasteiger partial charge in [-0.2, -0.15) is 0 Å². The van der Waals surface area contributed by atoms with Gasteiger partial charge in [-0.25, -0.2) is 0 Å². The quantitative estimate of drug-likeness (QED) is 0.507. The molecule has 1 amide bonds. The topological polar surface area (TPSA) is 55.1 Å². The Kier molecular flexibility index (Phi) is 4.34. The van der Waals surface area contributed by atoms with Crippen LogP contribution in [0.5, 0.6) is 0 Å². The van der Waals surface area contributed by atoms with Gasteiger partial charge in [-0.1, -0.05) is 5.92 Å². The monoisotopic (exact) mass is 140 g/mol. The molecule has 0 bridgehead atoms. The highest BCUT2D eigenvalue weighted by molar-refractivity contribution is 5.91. The first-order valence-electron chi connectivity index (χ1n) is 3.14. The highest BCUT2D eigenvalue weighted by Gasteiger charge is 1.86. The van der Waals surface area contributed by atoms with Crippen LogP contribution in [0.4, 0.5) is 0 Å². The van der Waals surface area contributed by atoms with Gasteiger partial charge in [0.2, 0.25) is 0 Å². The number of nitrogens with one attached hydrogen (secondary N) is 1. The second-order valence-electron chi connectivity index (χ2n) is 2.20. The van der Waals surface area contributed by atoms with Gasteiger partial charge >= 0.3 is 0 Å². The maximum absolute atomic E-state index is 10.1. The smallest absolute Gasteiger partial charge is 0.293 e. The highest BCUT2D eigenvalue weighted by Crippen LogP contribution is 1.71. The van der Waals surface area contributed by atoms with E-state index < -0.39 is 5.91 Å². The third-order valence-corrected chi connectivity index (χ3v) is 0.810. The summed E-state index contributed by atoms with van der Waals surface area (Å²) in [5.41, 5.74) is 4.77. The van der Waals surface area contributed by atoms with Gasteiger partial charge in [0, 0.05) is 6.04 Å². The summed E-state index contributed by atoms with van der Waals surface area (Å²) in [4.78, 5) is 10.1. The van der Waals surface area contributed by atoms with E-state index in [1.54, 1.807) is 0 Å². The summed E-state index contributed by atoms with van der Waals surface area (Å²) in [6.07, 6.45) is 0. The lowest BCUT2D eigenvalue weighted by Crippen LogP contribution is -2.22. The van der Waals surface area contributed by atoms with Crippen molar-refractivity contribution < 1.29 is 4.79 Å². The minimum absolute atomic E-state index is 0.391. The lowest BCUT2D eigenvalue weighted by atomic mass is 10.4. The van der Waals surface area contributed by atoms with Gasteiger partial charge < -0.3 is 11.1 Å². The molecule has 0 saturated carbocycles. The number of hydrogen-bond acceptors (Lipinski definition) is 2. The fourth-order valence-electron chi connectivity index (χ4n) is 0.386. The molecule has 0 fully saturated rings. The molecular weight excluding hydrogens is 128 g/mol. The van der Waals surface area contributed by atoms with Crippen LogP contribution in [0.25, 0.3) is 0 Å². The molecular formula is C7H12N2O. The molecule has 10 heavy (non-hydrogen) atoms. The molecule has 0 atom stereocenters. The minimum atomic E-state index is -0.578. The number of carbonyl (C=O) groups is 1. The van der Waals surface area contributed by atoms with Crippen LogP contribution < -0.4 is 11.1 Å². The Balaban J connectivity index is 3.38. The molecule has 0 aliphatic carbocycles. The standard InChI is InChI=1S/C7H12N2O/c1-6(2)9-5-3-4-7(8)10/h6,9H,5H2,1-2H3,(H2,8,10). The number of hydrogen-bond donors (Lipinski definition) is 2. The summed E-state index contributed by atoms with van der Waals surface area (Å²) >= 11 is 0. The van der Waals surface area contributed by atoms with Gasteiger partial charge in [0.05, 0.1) is 6.54 Å². The van der Waals surface area contributed by atoms with Crippen LogP contribution in [0.15, 0.2) is 0 Å². The van der Waals surface area contributed by atoms with E-state index in [-0.39, 0.29) is 0 Å². The summed E-state index contributed by atoms with van der Waals surface area (Å²) in [7, 11) is 0. The van der Waals surface area contributed by atoms with Crippen molar-refractivity contribution in [3.63, 3.8) is 0 Å². The second kappa shape index (κ2) is 4.83. The largest absolute Gasteiger partial charge is 0.359 e. The Morgan fingerprint density at radius 2 is 2.30 bits per heavy atom. The lowest BCUT2D eigenvalue weighted by Gasteiger charge is -2.00. The molecule has 0 aromatic carbocycles. The zero-order chi connectivity index (χ0) is 7.98. The van der Waals surface area contributed by atoms with Gasteiger partial charge in [0.25, 0.3) is 5.91 Å². The molecule has 3 heteroatoms. The SMILES string of the molecule is CC(C)NCC#CC(N)=O. The van der Waals surface area contributed by atoms with E-state index in [1.165, 1.54) is 0 Å². The average molecular weight is 140 g/mol. The molecule has 3 N–H and O–H groups in total. The zero-order valence-electron chi connectivity index (χ0n) is 6.27. The Morgan fingerprint density at radius 1 is 1.70 bits per heavy atom.